The smallest absolute Gasteiger partial charge is 0.0208 e. The van der Waals surface area contributed by atoms with Crippen molar-refractivity contribution in [2.24, 2.45) is 0 Å². The van der Waals surface area contributed by atoms with Gasteiger partial charge in [0.05, 0.1) is 0 Å². The second-order valence-corrected chi connectivity index (χ2v) is 9.62. The summed E-state index contributed by atoms with van der Waals surface area (Å²) < 4.78 is 2.51. The van der Waals surface area contributed by atoms with Gasteiger partial charge in [-0.15, -0.1) is 18.5 Å². The number of allylic oxidation sites excluding steroid dienone is 1. The molecule has 0 aliphatic heterocycles. The van der Waals surface area contributed by atoms with Gasteiger partial charge < -0.3 is 0 Å². The highest BCUT2D eigenvalue weighted by atomic mass is 127. The van der Waals surface area contributed by atoms with Crippen molar-refractivity contribution in [3.05, 3.63) is 73.9 Å². The van der Waals surface area contributed by atoms with E-state index < -0.39 is 0 Å². The monoisotopic (exact) mass is 586 g/mol. The summed E-state index contributed by atoms with van der Waals surface area (Å²) in [6.07, 6.45) is 0. The maximum absolute atomic E-state index is 4.15. The molecule has 3 aromatic carbocycles. The fourth-order valence-electron chi connectivity index (χ4n) is 2.62. The van der Waals surface area contributed by atoms with Gasteiger partial charge in [0.25, 0.3) is 0 Å². The lowest BCUT2D eigenvalue weighted by Gasteiger charge is -2.12. The molecule has 0 N–H and O–H groups in total. The van der Waals surface area contributed by atoms with Gasteiger partial charge in [-0.1, -0.05) is 36.4 Å². The molecule has 0 heterocycles. The van der Waals surface area contributed by atoms with Gasteiger partial charge in [-0.05, 0) is 121 Å². The van der Waals surface area contributed by atoms with Crippen LogP contribution in [0.15, 0.2) is 61.2 Å². The molecule has 2 unspecified atom stereocenters. The zero-order valence-corrected chi connectivity index (χ0v) is 20.4. The van der Waals surface area contributed by atoms with Crippen LogP contribution in [-0.2, 0) is 0 Å². The Morgan fingerprint density at radius 3 is 1.52 bits per heavy atom. The topological polar surface area (TPSA) is 0 Å². The molecule has 0 amide bonds. The highest BCUT2D eigenvalue weighted by Crippen LogP contribution is 2.31. The Labute approximate surface area is 181 Å². The maximum Gasteiger partial charge on any atom is 0.0208 e. The number of benzene rings is 3. The van der Waals surface area contributed by atoms with Gasteiger partial charge >= 0.3 is 0 Å². The molecule has 0 spiro atoms. The van der Waals surface area contributed by atoms with Crippen LogP contribution >= 0.6 is 63.7 Å². The van der Waals surface area contributed by atoms with Gasteiger partial charge in [0.15, 0.2) is 0 Å². The summed E-state index contributed by atoms with van der Waals surface area (Å²) in [4.78, 5) is 0. The molecule has 0 aliphatic rings. The fourth-order valence-corrected chi connectivity index (χ4v) is 4.01. The van der Waals surface area contributed by atoms with Crippen molar-refractivity contribution >= 4 is 79.8 Å². The molecule has 0 radical (unpaired) electrons. The van der Waals surface area contributed by atoms with E-state index >= 15 is 0 Å². The molecular formula is C21H18I2P2. The van der Waals surface area contributed by atoms with Crippen LogP contribution in [0.3, 0.4) is 0 Å². The first-order valence-corrected chi connectivity index (χ1v) is 11.1. The molecule has 126 valence electrons. The van der Waals surface area contributed by atoms with E-state index in [-0.39, 0.29) is 0 Å². The van der Waals surface area contributed by atoms with Crippen LogP contribution in [-0.4, -0.2) is 0 Å². The molecule has 3 aromatic rings. The summed E-state index contributed by atoms with van der Waals surface area (Å²) in [5, 5.41) is 2.46. The van der Waals surface area contributed by atoms with Crippen molar-refractivity contribution in [1.29, 1.82) is 0 Å². The average Bonchev–Trinajstić information content (AvgIpc) is 2.59. The van der Waals surface area contributed by atoms with E-state index in [2.05, 4.69) is 132 Å². The predicted octanol–water partition coefficient (Wildman–Crippen LogP) is 6.26. The van der Waals surface area contributed by atoms with Gasteiger partial charge in [-0.25, -0.2) is 0 Å². The van der Waals surface area contributed by atoms with Gasteiger partial charge in [0, 0.05) is 7.14 Å². The quantitative estimate of drug-likeness (QED) is 0.251. The van der Waals surface area contributed by atoms with Crippen molar-refractivity contribution in [3.63, 3.8) is 0 Å². The molecule has 4 heteroatoms. The van der Waals surface area contributed by atoms with E-state index in [0.717, 1.165) is 5.57 Å². The largest absolute Gasteiger partial charge is 0.104 e. The summed E-state index contributed by atoms with van der Waals surface area (Å²) in [7, 11) is 5.57. The molecule has 0 saturated heterocycles. The predicted molar refractivity (Wildman–Crippen MR) is 136 cm³/mol. The average molecular weight is 586 g/mol. The molecule has 0 bridgehead atoms. The van der Waals surface area contributed by atoms with Gasteiger partial charge in [-0.2, -0.15) is 0 Å². The third-order valence-corrected chi connectivity index (χ3v) is 8.14. The Bertz CT molecular complexity index is 908. The molecule has 0 aromatic heterocycles. The van der Waals surface area contributed by atoms with E-state index in [9.17, 15) is 0 Å². The Morgan fingerprint density at radius 1 is 0.720 bits per heavy atom. The summed E-state index contributed by atoms with van der Waals surface area (Å²) in [5.41, 5.74) is 7.18. The van der Waals surface area contributed by atoms with E-state index in [1.807, 2.05) is 0 Å². The first-order valence-electron chi connectivity index (χ1n) is 7.77. The van der Waals surface area contributed by atoms with Crippen LogP contribution in [0.1, 0.15) is 12.5 Å². The van der Waals surface area contributed by atoms with Crippen LogP contribution in [0.2, 0.25) is 0 Å². The molecule has 2 atom stereocenters. The van der Waals surface area contributed by atoms with Crippen LogP contribution in [0.25, 0.3) is 27.8 Å². The molecule has 0 fully saturated rings. The highest BCUT2D eigenvalue weighted by molar-refractivity contribution is 14.1. The number of hydrogen-bond donors (Lipinski definition) is 0. The number of rotatable bonds is 3. The summed E-state index contributed by atoms with van der Waals surface area (Å²) in [5.74, 6) is 0. The van der Waals surface area contributed by atoms with E-state index in [1.54, 1.807) is 0 Å². The minimum absolute atomic E-state index is 1.08. The maximum atomic E-state index is 4.15. The van der Waals surface area contributed by atoms with Gasteiger partial charge in [0.2, 0.25) is 0 Å². The van der Waals surface area contributed by atoms with Crippen molar-refractivity contribution < 1.29 is 0 Å². The molecular weight excluding hydrogens is 568 g/mol. The van der Waals surface area contributed by atoms with Crippen LogP contribution in [0, 0.1) is 7.14 Å². The number of hydrogen-bond acceptors (Lipinski definition) is 0. The number of halogens is 2. The van der Waals surface area contributed by atoms with E-state index in [0.29, 0.717) is 0 Å². The second kappa shape index (κ2) is 8.17. The van der Waals surface area contributed by atoms with Gasteiger partial charge in [0.1, 0.15) is 0 Å². The molecule has 0 saturated carbocycles. The molecule has 25 heavy (non-hydrogen) atoms. The zero-order valence-electron chi connectivity index (χ0n) is 13.8. The Kier molecular flexibility index (Phi) is 6.36. The lowest BCUT2D eigenvalue weighted by molar-refractivity contribution is 1.53. The Hall–Kier alpha value is -0.280. The van der Waals surface area contributed by atoms with Crippen LogP contribution in [0.5, 0.6) is 0 Å². The highest BCUT2D eigenvalue weighted by Gasteiger charge is 2.08. The SMILES string of the molecule is C=C(C)c1cc(-c2ccc(P)c(I)c2)cc(-c2ccc(P)c(I)c2)c1. The molecule has 0 nitrogen and oxygen atoms in total. The standard InChI is InChI=1S/C21H18I2P2/c1-12(2)15-7-16(13-3-5-20(24)18(22)10-13)9-17(8-15)14-4-6-21(25)19(23)11-14/h3-11H,1,24-25H2,2H3. The minimum Gasteiger partial charge on any atom is -0.104 e. The normalized spacial score (nSPS) is 10.8. The van der Waals surface area contributed by atoms with Crippen LogP contribution < -0.4 is 10.6 Å². The lowest BCUT2D eigenvalue weighted by Crippen LogP contribution is -1.97. The van der Waals surface area contributed by atoms with Crippen molar-refractivity contribution in [2.75, 3.05) is 0 Å². The lowest BCUT2D eigenvalue weighted by atomic mass is 9.94. The third-order valence-electron chi connectivity index (χ3n) is 4.09. The van der Waals surface area contributed by atoms with E-state index in [4.69, 9.17) is 0 Å². The Balaban J connectivity index is 2.19. The summed E-state index contributed by atoms with van der Waals surface area (Å²) >= 11 is 4.77. The minimum atomic E-state index is 1.08. The molecule has 0 aliphatic carbocycles. The first kappa shape index (κ1) is 19.5. The van der Waals surface area contributed by atoms with Crippen LogP contribution in [0.4, 0.5) is 0 Å². The van der Waals surface area contributed by atoms with Crippen molar-refractivity contribution in [3.8, 4) is 22.3 Å². The second-order valence-electron chi connectivity index (χ2n) is 6.05. The van der Waals surface area contributed by atoms with E-state index in [1.165, 1.54) is 45.6 Å². The van der Waals surface area contributed by atoms with Gasteiger partial charge in [-0.3, -0.25) is 0 Å². The zero-order chi connectivity index (χ0) is 18.1. The first-order chi connectivity index (χ1) is 11.8. The molecule has 3 rings (SSSR count). The Morgan fingerprint density at radius 2 is 1.16 bits per heavy atom. The third kappa shape index (κ3) is 4.53. The summed E-state index contributed by atoms with van der Waals surface area (Å²) in [6.45, 7) is 6.21. The fraction of sp³-hybridized carbons (Fsp3) is 0.0476. The van der Waals surface area contributed by atoms with Crippen molar-refractivity contribution in [1.82, 2.24) is 0 Å². The summed E-state index contributed by atoms with van der Waals surface area (Å²) in [6, 6.07) is 19.9. The van der Waals surface area contributed by atoms with Crippen molar-refractivity contribution in [2.45, 2.75) is 6.92 Å².